The lowest BCUT2D eigenvalue weighted by atomic mass is 9.98. The summed E-state index contributed by atoms with van der Waals surface area (Å²) in [6.45, 7) is 6.92. The van der Waals surface area contributed by atoms with E-state index in [1.54, 1.807) is 23.0 Å². The van der Waals surface area contributed by atoms with Gasteiger partial charge in [-0.25, -0.2) is 14.8 Å². The quantitative estimate of drug-likeness (QED) is 0.877. The van der Waals surface area contributed by atoms with Crippen molar-refractivity contribution in [2.24, 2.45) is 5.92 Å². The number of nitrogens with one attached hydrogen (secondary N) is 1. The smallest absolute Gasteiger partial charge is 0.410 e. The number of nitrogens with zero attached hydrogens (tertiary/aromatic N) is 4. The molecule has 2 aromatic rings. The molecule has 3 heterocycles. The number of imidazole rings is 1. The zero-order chi connectivity index (χ0) is 19.9. The minimum atomic E-state index is -0.507. The summed E-state index contributed by atoms with van der Waals surface area (Å²) in [5, 5.41) is 3.01. The molecule has 150 valence electrons. The van der Waals surface area contributed by atoms with Gasteiger partial charge in [0.15, 0.2) is 0 Å². The molecule has 1 saturated carbocycles. The minimum absolute atomic E-state index is 0.162. The van der Waals surface area contributed by atoms with Gasteiger partial charge in [-0.1, -0.05) is 0 Å². The average molecular weight is 385 g/mol. The van der Waals surface area contributed by atoms with Crippen molar-refractivity contribution in [3.8, 4) is 0 Å². The molecule has 0 bridgehead atoms. The molecule has 0 radical (unpaired) electrons. The van der Waals surface area contributed by atoms with E-state index in [9.17, 15) is 9.59 Å². The lowest BCUT2D eigenvalue weighted by Crippen LogP contribution is -2.49. The van der Waals surface area contributed by atoms with Crippen LogP contribution in [0.3, 0.4) is 0 Å². The standard InChI is InChI=1S/C20H27N5O3/c1-19(2,3)28-18(27)25-8-5-4-6-20(25)10-15(20)12-22-16(26)14-11-23-17-21-7-9-24(17)13-14/h7,9,11,13,15H,4-6,8,10,12H2,1-3H3,(H,22,26). The topological polar surface area (TPSA) is 88.8 Å². The van der Waals surface area contributed by atoms with Gasteiger partial charge in [0.25, 0.3) is 5.91 Å². The number of carbonyl (C=O) groups excluding carboxylic acids is 2. The molecule has 1 aliphatic heterocycles. The van der Waals surface area contributed by atoms with Crippen molar-refractivity contribution in [2.75, 3.05) is 13.1 Å². The van der Waals surface area contributed by atoms with Gasteiger partial charge in [-0.3, -0.25) is 9.20 Å². The number of fused-ring (bicyclic) bond motifs is 1. The lowest BCUT2D eigenvalue weighted by Gasteiger charge is -2.38. The fourth-order valence-electron chi connectivity index (χ4n) is 4.17. The van der Waals surface area contributed by atoms with Crippen LogP contribution in [0.5, 0.6) is 0 Å². The van der Waals surface area contributed by atoms with Crippen molar-refractivity contribution < 1.29 is 14.3 Å². The number of likely N-dealkylation sites (tertiary alicyclic amines) is 1. The summed E-state index contributed by atoms with van der Waals surface area (Å²) in [5.74, 6) is 0.659. The molecule has 8 nitrogen and oxygen atoms in total. The van der Waals surface area contributed by atoms with Gasteiger partial charge in [0.2, 0.25) is 5.78 Å². The third-order valence-corrected chi connectivity index (χ3v) is 5.61. The molecule has 1 N–H and O–H groups in total. The molecule has 2 fully saturated rings. The van der Waals surface area contributed by atoms with Gasteiger partial charge in [0, 0.05) is 43.8 Å². The fourth-order valence-corrected chi connectivity index (χ4v) is 4.17. The summed E-state index contributed by atoms with van der Waals surface area (Å²) in [4.78, 5) is 35.4. The molecular formula is C20H27N5O3. The van der Waals surface area contributed by atoms with Crippen LogP contribution in [0.15, 0.2) is 24.8 Å². The summed E-state index contributed by atoms with van der Waals surface area (Å²) in [6.07, 6.45) is 10.4. The van der Waals surface area contributed by atoms with Gasteiger partial charge in [-0.15, -0.1) is 0 Å². The predicted octanol–water partition coefficient (Wildman–Crippen LogP) is 2.64. The average Bonchev–Trinajstić information content (AvgIpc) is 3.10. The van der Waals surface area contributed by atoms with Gasteiger partial charge >= 0.3 is 6.09 Å². The Morgan fingerprint density at radius 3 is 2.93 bits per heavy atom. The van der Waals surface area contributed by atoms with Crippen molar-refractivity contribution in [1.29, 1.82) is 0 Å². The largest absolute Gasteiger partial charge is 0.444 e. The van der Waals surface area contributed by atoms with E-state index in [1.807, 2.05) is 25.7 Å². The van der Waals surface area contributed by atoms with Crippen molar-refractivity contribution in [1.82, 2.24) is 24.6 Å². The van der Waals surface area contributed by atoms with E-state index in [0.717, 1.165) is 32.2 Å². The first-order valence-electron chi connectivity index (χ1n) is 9.86. The van der Waals surface area contributed by atoms with Gasteiger partial charge in [0.05, 0.1) is 11.1 Å². The first-order valence-corrected chi connectivity index (χ1v) is 9.86. The Kier molecular flexibility index (Phi) is 4.51. The van der Waals surface area contributed by atoms with Gasteiger partial charge in [-0.05, 0) is 46.5 Å². The molecule has 0 aromatic carbocycles. The minimum Gasteiger partial charge on any atom is -0.444 e. The summed E-state index contributed by atoms with van der Waals surface area (Å²) in [6, 6.07) is 0. The summed E-state index contributed by atoms with van der Waals surface area (Å²) >= 11 is 0. The highest BCUT2D eigenvalue weighted by Gasteiger charge is 2.60. The Bertz CT molecular complexity index is 903. The monoisotopic (exact) mass is 385 g/mol. The Labute approximate surface area is 164 Å². The molecule has 2 aromatic heterocycles. The van der Waals surface area contributed by atoms with E-state index >= 15 is 0 Å². The number of rotatable bonds is 3. The van der Waals surface area contributed by atoms with Crippen LogP contribution in [-0.4, -0.2) is 55.5 Å². The highest BCUT2D eigenvalue weighted by atomic mass is 16.6. The summed E-state index contributed by atoms with van der Waals surface area (Å²) in [5.41, 5.74) is -0.180. The fraction of sp³-hybridized carbons (Fsp3) is 0.600. The molecular weight excluding hydrogens is 358 g/mol. The molecule has 2 atom stereocenters. The molecule has 28 heavy (non-hydrogen) atoms. The molecule has 1 aliphatic carbocycles. The number of amides is 2. The highest BCUT2D eigenvalue weighted by molar-refractivity contribution is 5.93. The summed E-state index contributed by atoms with van der Waals surface area (Å²) < 4.78 is 7.33. The molecule has 1 spiro atoms. The maximum Gasteiger partial charge on any atom is 0.410 e. The SMILES string of the molecule is CC(C)(C)OC(=O)N1CCCCC12CC2CNC(=O)c1cnc2nccn2c1. The van der Waals surface area contributed by atoms with E-state index in [4.69, 9.17) is 4.74 Å². The van der Waals surface area contributed by atoms with Gasteiger partial charge in [-0.2, -0.15) is 0 Å². The summed E-state index contributed by atoms with van der Waals surface area (Å²) in [7, 11) is 0. The van der Waals surface area contributed by atoms with Crippen molar-refractivity contribution in [2.45, 2.75) is 57.6 Å². The van der Waals surface area contributed by atoms with Crippen LogP contribution in [0.4, 0.5) is 4.79 Å². The third kappa shape index (κ3) is 3.55. The zero-order valence-corrected chi connectivity index (χ0v) is 16.6. The van der Waals surface area contributed by atoms with E-state index in [1.165, 1.54) is 6.20 Å². The third-order valence-electron chi connectivity index (χ3n) is 5.61. The van der Waals surface area contributed by atoms with Crippen molar-refractivity contribution in [3.05, 3.63) is 30.4 Å². The van der Waals surface area contributed by atoms with Crippen LogP contribution in [0.25, 0.3) is 5.78 Å². The van der Waals surface area contributed by atoms with Crippen molar-refractivity contribution in [3.63, 3.8) is 0 Å². The second-order valence-electron chi connectivity index (χ2n) is 8.78. The Balaban J connectivity index is 1.39. The molecule has 2 amide bonds. The van der Waals surface area contributed by atoms with Crippen LogP contribution in [-0.2, 0) is 4.74 Å². The van der Waals surface area contributed by atoms with E-state index in [2.05, 4.69) is 15.3 Å². The highest BCUT2D eigenvalue weighted by Crippen LogP contribution is 2.54. The van der Waals surface area contributed by atoms with Crippen LogP contribution >= 0.6 is 0 Å². The number of ether oxygens (including phenoxy) is 1. The van der Waals surface area contributed by atoms with Crippen LogP contribution < -0.4 is 5.32 Å². The molecule has 2 unspecified atom stereocenters. The molecule has 1 saturated heterocycles. The van der Waals surface area contributed by atoms with Crippen LogP contribution in [0.1, 0.15) is 56.8 Å². The first kappa shape index (κ1) is 18.7. The van der Waals surface area contributed by atoms with Gasteiger partial charge < -0.3 is 15.0 Å². The molecule has 8 heteroatoms. The maximum atomic E-state index is 12.7. The first-order chi connectivity index (χ1) is 13.3. The molecule has 4 rings (SSSR count). The number of carbonyl (C=O) groups is 2. The van der Waals surface area contributed by atoms with E-state index in [-0.39, 0.29) is 23.5 Å². The van der Waals surface area contributed by atoms with E-state index < -0.39 is 5.60 Å². The number of hydrogen-bond acceptors (Lipinski definition) is 5. The van der Waals surface area contributed by atoms with Crippen LogP contribution in [0.2, 0.25) is 0 Å². The second-order valence-corrected chi connectivity index (χ2v) is 8.78. The Hall–Kier alpha value is -2.64. The number of aromatic nitrogens is 3. The maximum absolute atomic E-state index is 12.7. The predicted molar refractivity (Wildman–Crippen MR) is 103 cm³/mol. The zero-order valence-electron chi connectivity index (χ0n) is 16.6. The Morgan fingerprint density at radius 2 is 2.14 bits per heavy atom. The van der Waals surface area contributed by atoms with E-state index in [0.29, 0.717) is 17.9 Å². The van der Waals surface area contributed by atoms with Gasteiger partial charge in [0.1, 0.15) is 5.60 Å². The number of hydrogen-bond donors (Lipinski definition) is 1. The molecule has 2 aliphatic rings. The normalized spacial score (nSPS) is 24.4. The lowest BCUT2D eigenvalue weighted by molar-refractivity contribution is 0.00325. The van der Waals surface area contributed by atoms with Crippen LogP contribution in [0, 0.1) is 5.92 Å². The van der Waals surface area contributed by atoms with Crippen molar-refractivity contribution >= 4 is 17.8 Å². The second kappa shape index (κ2) is 6.76. The Morgan fingerprint density at radius 1 is 1.32 bits per heavy atom. The number of piperidine rings is 1.